The number of carbonyl (C=O) groups is 2. The lowest BCUT2D eigenvalue weighted by Crippen LogP contribution is -2.15. The maximum absolute atomic E-state index is 12.4. The number of carboxylic acids is 1. The van der Waals surface area contributed by atoms with E-state index in [1.165, 1.54) is 11.6 Å². The Morgan fingerprint density at radius 3 is 2.61 bits per heavy atom. The maximum Gasteiger partial charge on any atom is 0.335 e. The summed E-state index contributed by atoms with van der Waals surface area (Å²) in [6, 6.07) is 6.57. The molecule has 1 aliphatic rings. The van der Waals surface area contributed by atoms with Gasteiger partial charge >= 0.3 is 5.97 Å². The zero-order valence-corrected chi connectivity index (χ0v) is 12.9. The molecule has 3 rings (SSSR count). The second-order valence-corrected chi connectivity index (χ2v) is 5.88. The Bertz CT molecular complexity index is 784. The van der Waals surface area contributed by atoms with Gasteiger partial charge in [0.1, 0.15) is 0 Å². The fraction of sp³-hybridized carbons (Fsp3) is 0.278. The largest absolute Gasteiger partial charge is 0.478 e. The second kappa shape index (κ2) is 6.20. The van der Waals surface area contributed by atoms with Gasteiger partial charge in [-0.05, 0) is 68.0 Å². The normalized spacial score (nSPS) is 13.3. The number of aromatic carboxylic acids is 1. The standard InChI is InChI=1S/C18H18N2O3/c1-11-6-13(8-14(7-11)18(22)23)17(21)20-15-9-12-4-2-3-5-16(12)19-10-15/h6-10H,2-5H2,1H3,(H,20,21)(H,22,23). The summed E-state index contributed by atoms with van der Waals surface area (Å²) in [5.41, 5.74) is 4.12. The lowest BCUT2D eigenvalue weighted by molar-refractivity contribution is 0.0696. The van der Waals surface area contributed by atoms with Crippen molar-refractivity contribution in [1.29, 1.82) is 0 Å². The van der Waals surface area contributed by atoms with Crippen LogP contribution < -0.4 is 5.32 Å². The van der Waals surface area contributed by atoms with Crippen molar-refractivity contribution >= 4 is 17.6 Å². The SMILES string of the molecule is Cc1cc(C(=O)O)cc(C(=O)Nc2cnc3c(c2)CCCC3)c1. The van der Waals surface area contributed by atoms with Crippen LogP contribution in [-0.4, -0.2) is 22.0 Å². The van der Waals surface area contributed by atoms with Crippen LogP contribution in [0.4, 0.5) is 5.69 Å². The van der Waals surface area contributed by atoms with Crippen molar-refractivity contribution in [1.82, 2.24) is 4.98 Å². The summed E-state index contributed by atoms with van der Waals surface area (Å²) >= 11 is 0. The molecule has 0 unspecified atom stereocenters. The van der Waals surface area contributed by atoms with Crippen molar-refractivity contribution in [3.8, 4) is 0 Å². The fourth-order valence-corrected chi connectivity index (χ4v) is 2.90. The Morgan fingerprint density at radius 1 is 1.09 bits per heavy atom. The molecule has 0 spiro atoms. The number of aromatic nitrogens is 1. The van der Waals surface area contributed by atoms with Crippen LogP contribution in [-0.2, 0) is 12.8 Å². The summed E-state index contributed by atoms with van der Waals surface area (Å²) in [7, 11) is 0. The van der Waals surface area contributed by atoms with Crippen molar-refractivity contribution in [3.05, 3.63) is 58.4 Å². The molecular weight excluding hydrogens is 292 g/mol. The molecule has 0 saturated carbocycles. The van der Waals surface area contributed by atoms with E-state index in [4.69, 9.17) is 5.11 Å². The van der Waals surface area contributed by atoms with Gasteiger partial charge in [-0.2, -0.15) is 0 Å². The van der Waals surface area contributed by atoms with Crippen molar-refractivity contribution < 1.29 is 14.7 Å². The number of hydrogen-bond acceptors (Lipinski definition) is 3. The smallest absolute Gasteiger partial charge is 0.335 e. The molecule has 0 radical (unpaired) electrons. The molecule has 1 amide bonds. The van der Waals surface area contributed by atoms with Gasteiger partial charge in [-0.1, -0.05) is 0 Å². The summed E-state index contributed by atoms with van der Waals surface area (Å²) in [6.07, 6.45) is 5.94. The van der Waals surface area contributed by atoms with Crippen LogP contribution >= 0.6 is 0 Å². The van der Waals surface area contributed by atoms with Gasteiger partial charge < -0.3 is 10.4 Å². The Hall–Kier alpha value is -2.69. The van der Waals surface area contributed by atoms with Crippen molar-refractivity contribution in [2.75, 3.05) is 5.32 Å². The average molecular weight is 310 g/mol. The number of hydrogen-bond donors (Lipinski definition) is 2. The minimum atomic E-state index is -1.04. The number of carboxylic acid groups (broad SMARTS) is 1. The highest BCUT2D eigenvalue weighted by Gasteiger charge is 2.14. The number of fused-ring (bicyclic) bond motifs is 1. The maximum atomic E-state index is 12.4. The van der Waals surface area contributed by atoms with E-state index in [9.17, 15) is 9.59 Å². The van der Waals surface area contributed by atoms with Gasteiger partial charge in [0.2, 0.25) is 0 Å². The fourth-order valence-electron chi connectivity index (χ4n) is 2.90. The third kappa shape index (κ3) is 3.39. The van der Waals surface area contributed by atoms with E-state index < -0.39 is 5.97 Å². The van der Waals surface area contributed by atoms with Crippen LogP contribution in [0.1, 0.15) is 50.4 Å². The number of aryl methyl sites for hydroxylation is 3. The quantitative estimate of drug-likeness (QED) is 0.912. The van der Waals surface area contributed by atoms with Crippen molar-refractivity contribution in [2.45, 2.75) is 32.6 Å². The van der Waals surface area contributed by atoms with Crippen LogP contribution in [0.25, 0.3) is 0 Å². The summed E-state index contributed by atoms with van der Waals surface area (Å²) in [5.74, 6) is -1.37. The van der Waals surface area contributed by atoms with Crippen LogP contribution in [0.2, 0.25) is 0 Å². The van der Waals surface area contributed by atoms with Gasteiger partial charge in [-0.15, -0.1) is 0 Å². The number of amides is 1. The molecule has 23 heavy (non-hydrogen) atoms. The molecule has 1 aliphatic carbocycles. The van der Waals surface area contributed by atoms with Crippen LogP contribution in [0.15, 0.2) is 30.5 Å². The molecule has 118 valence electrons. The molecule has 1 heterocycles. The summed E-state index contributed by atoms with van der Waals surface area (Å²) in [4.78, 5) is 27.9. The van der Waals surface area contributed by atoms with E-state index in [1.807, 2.05) is 6.07 Å². The van der Waals surface area contributed by atoms with E-state index in [0.29, 0.717) is 11.3 Å². The molecule has 1 aromatic carbocycles. The molecule has 5 heteroatoms. The third-order valence-corrected chi connectivity index (χ3v) is 4.01. The highest BCUT2D eigenvalue weighted by Crippen LogP contribution is 2.22. The highest BCUT2D eigenvalue weighted by molar-refractivity contribution is 6.05. The summed E-state index contributed by atoms with van der Waals surface area (Å²) in [5, 5.41) is 11.9. The third-order valence-electron chi connectivity index (χ3n) is 4.01. The first-order valence-electron chi connectivity index (χ1n) is 7.67. The lowest BCUT2D eigenvalue weighted by atomic mass is 9.96. The number of benzene rings is 1. The molecule has 2 N–H and O–H groups in total. The Labute approximate surface area is 134 Å². The van der Waals surface area contributed by atoms with E-state index in [2.05, 4.69) is 10.3 Å². The van der Waals surface area contributed by atoms with E-state index in [1.54, 1.807) is 25.3 Å². The number of nitrogens with one attached hydrogen (secondary N) is 1. The predicted molar refractivity (Wildman–Crippen MR) is 87.0 cm³/mol. The number of rotatable bonds is 3. The van der Waals surface area contributed by atoms with E-state index in [0.717, 1.165) is 36.9 Å². The van der Waals surface area contributed by atoms with Gasteiger partial charge in [0, 0.05) is 11.3 Å². The molecule has 5 nitrogen and oxygen atoms in total. The van der Waals surface area contributed by atoms with Gasteiger partial charge in [-0.3, -0.25) is 9.78 Å². The molecule has 0 aliphatic heterocycles. The zero-order valence-electron chi connectivity index (χ0n) is 12.9. The monoisotopic (exact) mass is 310 g/mol. The average Bonchev–Trinajstić information content (AvgIpc) is 2.54. The number of carbonyl (C=O) groups excluding carboxylic acids is 1. The van der Waals surface area contributed by atoms with Crippen LogP contribution in [0.5, 0.6) is 0 Å². The van der Waals surface area contributed by atoms with Crippen LogP contribution in [0, 0.1) is 6.92 Å². The molecule has 0 bridgehead atoms. The minimum absolute atomic E-state index is 0.110. The number of anilines is 1. The minimum Gasteiger partial charge on any atom is -0.478 e. The Morgan fingerprint density at radius 2 is 1.83 bits per heavy atom. The highest BCUT2D eigenvalue weighted by atomic mass is 16.4. The molecule has 0 atom stereocenters. The van der Waals surface area contributed by atoms with E-state index >= 15 is 0 Å². The first-order chi connectivity index (χ1) is 11.0. The first kappa shape index (κ1) is 15.2. The first-order valence-corrected chi connectivity index (χ1v) is 7.67. The second-order valence-electron chi connectivity index (χ2n) is 5.88. The summed E-state index contributed by atoms with van der Waals surface area (Å²) in [6.45, 7) is 1.77. The van der Waals surface area contributed by atoms with Gasteiger partial charge in [0.05, 0.1) is 17.4 Å². The topological polar surface area (TPSA) is 79.3 Å². The zero-order chi connectivity index (χ0) is 16.4. The number of pyridine rings is 1. The molecule has 2 aromatic rings. The molecule has 1 aromatic heterocycles. The molecular formula is C18H18N2O3. The Kier molecular flexibility index (Phi) is 4.10. The molecule has 0 saturated heterocycles. The van der Waals surface area contributed by atoms with Crippen molar-refractivity contribution in [2.24, 2.45) is 0 Å². The molecule has 0 fully saturated rings. The van der Waals surface area contributed by atoms with E-state index in [-0.39, 0.29) is 11.5 Å². The number of nitrogens with zero attached hydrogens (tertiary/aromatic N) is 1. The van der Waals surface area contributed by atoms with Gasteiger partial charge in [-0.25, -0.2) is 4.79 Å². The summed E-state index contributed by atoms with van der Waals surface area (Å²) < 4.78 is 0. The van der Waals surface area contributed by atoms with Crippen molar-refractivity contribution in [3.63, 3.8) is 0 Å². The Balaban J connectivity index is 1.83. The van der Waals surface area contributed by atoms with Crippen LogP contribution in [0.3, 0.4) is 0 Å². The van der Waals surface area contributed by atoms with Gasteiger partial charge in [0.25, 0.3) is 5.91 Å². The van der Waals surface area contributed by atoms with Gasteiger partial charge in [0.15, 0.2) is 0 Å². The lowest BCUT2D eigenvalue weighted by Gasteiger charge is -2.15. The predicted octanol–water partition coefficient (Wildman–Crippen LogP) is 3.22.